The van der Waals surface area contributed by atoms with Gasteiger partial charge in [0.25, 0.3) is 0 Å². The highest BCUT2D eigenvalue weighted by atomic mass is 16.3. The van der Waals surface area contributed by atoms with Crippen LogP contribution in [0.4, 0.5) is 0 Å². The Kier molecular flexibility index (Phi) is 3.07. The maximum absolute atomic E-state index is 9.49. The maximum Gasteiger partial charge on any atom is 0.0722 e. The van der Waals surface area contributed by atoms with Crippen LogP contribution in [0.3, 0.4) is 0 Å². The van der Waals surface area contributed by atoms with Crippen molar-refractivity contribution in [3.8, 4) is 0 Å². The summed E-state index contributed by atoms with van der Waals surface area (Å²) >= 11 is 0. The van der Waals surface area contributed by atoms with Crippen molar-refractivity contribution in [3.63, 3.8) is 0 Å². The minimum absolute atomic E-state index is 0.390. The van der Waals surface area contributed by atoms with Gasteiger partial charge in [0.2, 0.25) is 0 Å². The fourth-order valence-corrected chi connectivity index (χ4v) is 1.74. The van der Waals surface area contributed by atoms with Gasteiger partial charge in [0.1, 0.15) is 0 Å². The standard InChI is InChI=1S/C15H16O/c1-11(12(2)16)10-14-8-5-7-13-6-3-4-9-15(13)14/h3-10,12,16H,1-2H3/b11-10+. The van der Waals surface area contributed by atoms with E-state index in [0.717, 1.165) is 11.1 Å². The molecule has 0 aromatic heterocycles. The van der Waals surface area contributed by atoms with Crippen LogP contribution in [0.2, 0.25) is 0 Å². The molecule has 2 aromatic rings. The van der Waals surface area contributed by atoms with E-state index in [9.17, 15) is 5.11 Å². The molecule has 1 nitrogen and oxygen atoms in total. The third-order valence-corrected chi connectivity index (χ3v) is 2.87. The van der Waals surface area contributed by atoms with Gasteiger partial charge in [-0.15, -0.1) is 0 Å². The average Bonchev–Trinajstić information content (AvgIpc) is 2.29. The van der Waals surface area contributed by atoms with Crippen LogP contribution >= 0.6 is 0 Å². The lowest BCUT2D eigenvalue weighted by molar-refractivity contribution is 0.232. The molecule has 0 radical (unpaired) electrons. The molecule has 2 aromatic carbocycles. The summed E-state index contributed by atoms with van der Waals surface area (Å²) in [7, 11) is 0. The van der Waals surface area contributed by atoms with Gasteiger partial charge in [0.15, 0.2) is 0 Å². The molecule has 16 heavy (non-hydrogen) atoms. The van der Waals surface area contributed by atoms with Crippen molar-refractivity contribution in [1.29, 1.82) is 0 Å². The van der Waals surface area contributed by atoms with E-state index in [1.54, 1.807) is 6.92 Å². The van der Waals surface area contributed by atoms with Crippen molar-refractivity contribution in [2.75, 3.05) is 0 Å². The quantitative estimate of drug-likeness (QED) is 0.806. The third kappa shape index (κ3) is 2.15. The molecule has 0 aliphatic rings. The Labute approximate surface area is 96.0 Å². The zero-order valence-corrected chi connectivity index (χ0v) is 9.64. The summed E-state index contributed by atoms with van der Waals surface area (Å²) in [5, 5.41) is 11.9. The molecule has 0 amide bonds. The van der Waals surface area contributed by atoms with Crippen LogP contribution in [0.1, 0.15) is 19.4 Å². The normalized spacial score (nSPS) is 14.1. The number of benzene rings is 2. The molecule has 1 unspecified atom stereocenters. The molecule has 1 heteroatoms. The lowest BCUT2D eigenvalue weighted by Gasteiger charge is -2.06. The zero-order chi connectivity index (χ0) is 11.5. The topological polar surface area (TPSA) is 20.2 Å². The van der Waals surface area contributed by atoms with Gasteiger partial charge in [-0.2, -0.15) is 0 Å². The first-order chi connectivity index (χ1) is 7.68. The van der Waals surface area contributed by atoms with Gasteiger partial charge >= 0.3 is 0 Å². The fraction of sp³-hybridized carbons (Fsp3) is 0.200. The summed E-state index contributed by atoms with van der Waals surface area (Å²) in [5.41, 5.74) is 2.15. The van der Waals surface area contributed by atoms with Gasteiger partial charge in [-0.05, 0) is 35.8 Å². The predicted molar refractivity (Wildman–Crippen MR) is 69.3 cm³/mol. The lowest BCUT2D eigenvalue weighted by Crippen LogP contribution is -2.00. The van der Waals surface area contributed by atoms with Crippen LogP contribution < -0.4 is 0 Å². The molecule has 0 saturated heterocycles. The number of aliphatic hydroxyl groups excluding tert-OH is 1. The van der Waals surface area contributed by atoms with Crippen LogP contribution in [0.25, 0.3) is 16.8 Å². The largest absolute Gasteiger partial charge is 0.389 e. The summed E-state index contributed by atoms with van der Waals surface area (Å²) in [6, 6.07) is 14.5. The summed E-state index contributed by atoms with van der Waals surface area (Å²) < 4.78 is 0. The Morgan fingerprint density at radius 3 is 2.56 bits per heavy atom. The van der Waals surface area contributed by atoms with E-state index in [-0.39, 0.29) is 6.10 Å². The molecule has 0 fully saturated rings. The monoisotopic (exact) mass is 212 g/mol. The van der Waals surface area contributed by atoms with Crippen molar-refractivity contribution in [1.82, 2.24) is 0 Å². The highest BCUT2D eigenvalue weighted by Crippen LogP contribution is 2.21. The van der Waals surface area contributed by atoms with Gasteiger partial charge < -0.3 is 5.11 Å². The molecule has 0 spiro atoms. The molecular weight excluding hydrogens is 196 g/mol. The van der Waals surface area contributed by atoms with Crippen molar-refractivity contribution in [3.05, 3.63) is 53.6 Å². The number of aliphatic hydroxyl groups is 1. The van der Waals surface area contributed by atoms with E-state index >= 15 is 0 Å². The predicted octanol–water partition coefficient (Wildman–Crippen LogP) is 3.62. The van der Waals surface area contributed by atoms with Crippen molar-refractivity contribution in [2.45, 2.75) is 20.0 Å². The first-order valence-corrected chi connectivity index (χ1v) is 5.52. The SMILES string of the molecule is C/C(=C\c1cccc2ccccc12)C(C)O. The number of fused-ring (bicyclic) bond motifs is 1. The van der Waals surface area contributed by atoms with Gasteiger partial charge in [0.05, 0.1) is 6.10 Å². The minimum Gasteiger partial charge on any atom is -0.389 e. The van der Waals surface area contributed by atoms with E-state index < -0.39 is 0 Å². The Hall–Kier alpha value is -1.60. The molecule has 2 rings (SSSR count). The summed E-state index contributed by atoms with van der Waals surface area (Å²) in [6.07, 6.45) is 1.66. The summed E-state index contributed by atoms with van der Waals surface area (Å²) in [4.78, 5) is 0. The Balaban J connectivity index is 2.57. The van der Waals surface area contributed by atoms with Crippen LogP contribution in [0.15, 0.2) is 48.0 Å². The van der Waals surface area contributed by atoms with E-state index in [2.05, 4.69) is 24.3 Å². The van der Waals surface area contributed by atoms with Crippen molar-refractivity contribution < 1.29 is 5.11 Å². The van der Waals surface area contributed by atoms with Crippen molar-refractivity contribution >= 4 is 16.8 Å². The summed E-state index contributed by atoms with van der Waals surface area (Å²) in [6.45, 7) is 3.74. The molecule has 0 aliphatic heterocycles. The van der Waals surface area contributed by atoms with Gasteiger partial charge in [-0.1, -0.05) is 48.5 Å². The highest BCUT2D eigenvalue weighted by Gasteiger charge is 2.01. The van der Waals surface area contributed by atoms with E-state index in [0.29, 0.717) is 0 Å². The van der Waals surface area contributed by atoms with Crippen molar-refractivity contribution in [2.24, 2.45) is 0 Å². The molecule has 0 aliphatic carbocycles. The molecule has 0 saturated carbocycles. The second-order valence-corrected chi connectivity index (χ2v) is 4.13. The molecule has 1 N–H and O–H groups in total. The van der Waals surface area contributed by atoms with Crippen LogP contribution in [0.5, 0.6) is 0 Å². The van der Waals surface area contributed by atoms with Crippen LogP contribution in [-0.4, -0.2) is 11.2 Å². The third-order valence-electron chi connectivity index (χ3n) is 2.87. The molecule has 0 heterocycles. The molecular formula is C15H16O. The molecule has 82 valence electrons. The number of rotatable bonds is 2. The first-order valence-electron chi connectivity index (χ1n) is 5.52. The number of hydrogen-bond acceptors (Lipinski definition) is 1. The van der Waals surface area contributed by atoms with E-state index in [1.165, 1.54) is 10.8 Å². The first kappa shape index (κ1) is 10.9. The second-order valence-electron chi connectivity index (χ2n) is 4.13. The van der Waals surface area contributed by atoms with E-state index in [4.69, 9.17) is 0 Å². The summed E-state index contributed by atoms with van der Waals surface area (Å²) in [5.74, 6) is 0. The van der Waals surface area contributed by atoms with Crippen LogP contribution in [0, 0.1) is 0 Å². The Morgan fingerprint density at radius 2 is 1.81 bits per heavy atom. The lowest BCUT2D eigenvalue weighted by atomic mass is 10.0. The minimum atomic E-state index is -0.390. The van der Waals surface area contributed by atoms with Gasteiger partial charge in [0, 0.05) is 0 Å². The molecule has 1 atom stereocenters. The van der Waals surface area contributed by atoms with Crippen LogP contribution in [-0.2, 0) is 0 Å². The number of hydrogen-bond donors (Lipinski definition) is 1. The van der Waals surface area contributed by atoms with E-state index in [1.807, 2.05) is 31.2 Å². The fourth-order valence-electron chi connectivity index (χ4n) is 1.74. The maximum atomic E-state index is 9.49. The second kappa shape index (κ2) is 4.50. The molecule has 0 bridgehead atoms. The Bertz CT molecular complexity index is 518. The highest BCUT2D eigenvalue weighted by molar-refractivity contribution is 5.90. The Morgan fingerprint density at radius 1 is 1.12 bits per heavy atom. The van der Waals surface area contributed by atoms with Gasteiger partial charge in [-0.25, -0.2) is 0 Å². The average molecular weight is 212 g/mol. The smallest absolute Gasteiger partial charge is 0.0722 e. The van der Waals surface area contributed by atoms with Gasteiger partial charge in [-0.3, -0.25) is 0 Å². The zero-order valence-electron chi connectivity index (χ0n) is 9.64.